The minimum Gasteiger partial charge on any atom is -0.325 e. The number of rotatable bonds is 5. The number of thioether (sulfide) groups is 1. The van der Waals surface area contributed by atoms with Crippen LogP contribution >= 0.6 is 11.8 Å². The molecule has 0 aliphatic rings. The number of anilines is 1. The standard InChI is InChI=1S/C19H18N2OS/c1-2-14-7-9-15(10-8-14)21-19(22)13-23-18-11-12-20-17-6-4-3-5-16(17)18/h3-12H,2,13H2,1H3,(H,21,22). The lowest BCUT2D eigenvalue weighted by atomic mass is 10.1. The Morgan fingerprint density at radius 2 is 1.87 bits per heavy atom. The molecule has 0 aliphatic heterocycles. The molecule has 3 nitrogen and oxygen atoms in total. The third-order valence-corrected chi connectivity index (χ3v) is 4.69. The summed E-state index contributed by atoms with van der Waals surface area (Å²) in [7, 11) is 0. The molecular weight excluding hydrogens is 304 g/mol. The van der Waals surface area contributed by atoms with Gasteiger partial charge in [0.1, 0.15) is 0 Å². The Balaban J connectivity index is 1.63. The molecule has 1 amide bonds. The van der Waals surface area contributed by atoms with Gasteiger partial charge < -0.3 is 5.32 Å². The lowest BCUT2D eigenvalue weighted by Crippen LogP contribution is -2.13. The van der Waals surface area contributed by atoms with Crippen LogP contribution < -0.4 is 5.32 Å². The lowest BCUT2D eigenvalue weighted by Gasteiger charge is -2.07. The number of fused-ring (bicyclic) bond motifs is 1. The monoisotopic (exact) mass is 322 g/mol. The number of carbonyl (C=O) groups is 1. The summed E-state index contributed by atoms with van der Waals surface area (Å²) >= 11 is 1.53. The van der Waals surface area contributed by atoms with Crippen molar-refractivity contribution < 1.29 is 4.79 Å². The van der Waals surface area contributed by atoms with E-state index in [1.54, 1.807) is 6.20 Å². The number of nitrogens with one attached hydrogen (secondary N) is 1. The summed E-state index contributed by atoms with van der Waals surface area (Å²) in [6, 6.07) is 17.9. The highest BCUT2D eigenvalue weighted by Crippen LogP contribution is 2.26. The average Bonchev–Trinajstić information content (AvgIpc) is 2.60. The van der Waals surface area contributed by atoms with Crippen LogP contribution in [0.3, 0.4) is 0 Å². The van der Waals surface area contributed by atoms with E-state index < -0.39 is 0 Å². The van der Waals surface area contributed by atoms with Gasteiger partial charge >= 0.3 is 0 Å². The first-order valence-electron chi connectivity index (χ1n) is 7.61. The maximum absolute atomic E-state index is 12.1. The number of aromatic nitrogens is 1. The molecule has 0 atom stereocenters. The van der Waals surface area contributed by atoms with Gasteiger partial charge in [-0.05, 0) is 36.2 Å². The number of aryl methyl sites for hydroxylation is 1. The summed E-state index contributed by atoms with van der Waals surface area (Å²) in [4.78, 5) is 17.5. The number of hydrogen-bond donors (Lipinski definition) is 1. The molecule has 0 spiro atoms. The zero-order valence-corrected chi connectivity index (χ0v) is 13.8. The van der Waals surface area contributed by atoms with Crippen LogP contribution in [0.15, 0.2) is 65.7 Å². The topological polar surface area (TPSA) is 42.0 Å². The third kappa shape index (κ3) is 3.90. The molecule has 4 heteroatoms. The minimum atomic E-state index is 0.000131. The van der Waals surface area contributed by atoms with Crippen LogP contribution in [0.4, 0.5) is 5.69 Å². The van der Waals surface area contributed by atoms with Gasteiger partial charge in [0.15, 0.2) is 0 Å². The molecule has 0 fully saturated rings. The van der Waals surface area contributed by atoms with Crippen molar-refractivity contribution in [2.75, 3.05) is 11.1 Å². The van der Waals surface area contributed by atoms with E-state index >= 15 is 0 Å². The molecule has 116 valence electrons. The highest BCUT2D eigenvalue weighted by Gasteiger charge is 2.06. The molecule has 1 aromatic heterocycles. The fourth-order valence-electron chi connectivity index (χ4n) is 2.36. The SMILES string of the molecule is CCc1ccc(NC(=O)CSc2ccnc3ccccc23)cc1. The Hall–Kier alpha value is -2.33. The van der Waals surface area contributed by atoms with Crippen molar-refractivity contribution in [2.24, 2.45) is 0 Å². The smallest absolute Gasteiger partial charge is 0.234 e. The lowest BCUT2D eigenvalue weighted by molar-refractivity contribution is -0.113. The molecule has 1 N–H and O–H groups in total. The quantitative estimate of drug-likeness (QED) is 0.702. The number of amides is 1. The zero-order chi connectivity index (χ0) is 16.1. The van der Waals surface area contributed by atoms with Crippen molar-refractivity contribution in [3.63, 3.8) is 0 Å². The Morgan fingerprint density at radius 1 is 1.09 bits per heavy atom. The molecule has 3 rings (SSSR count). The Labute approximate surface area is 140 Å². The van der Waals surface area contributed by atoms with E-state index in [0.29, 0.717) is 5.75 Å². The summed E-state index contributed by atoms with van der Waals surface area (Å²) in [6.45, 7) is 2.11. The van der Waals surface area contributed by atoms with E-state index in [1.807, 2.05) is 54.6 Å². The van der Waals surface area contributed by atoms with Crippen molar-refractivity contribution in [2.45, 2.75) is 18.2 Å². The molecule has 0 saturated carbocycles. The summed E-state index contributed by atoms with van der Waals surface area (Å²) < 4.78 is 0. The van der Waals surface area contributed by atoms with Crippen LogP contribution in [-0.4, -0.2) is 16.6 Å². The van der Waals surface area contributed by atoms with Gasteiger partial charge in [0.05, 0.1) is 11.3 Å². The largest absolute Gasteiger partial charge is 0.325 e. The van der Waals surface area contributed by atoms with E-state index in [-0.39, 0.29) is 5.91 Å². The van der Waals surface area contributed by atoms with Crippen molar-refractivity contribution >= 4 is 34.3 Å². The first-order chi connectivity index (χ1) is 11.3. The van der Waals surface area contributed by atoms with Crippen LogP contribution in [0.1, 0.15) is 12.5 Å². The molecule has 0 unspecified atom stereocenters. The predicted molar refractivity (Wildman–Crippen MR) is 96.9 cm³/mol. The predicted octanol–water partition coefficient (Wildman–Crippen LogP) is 4.53. The van der Waals surface area contributed by atoms with Crippen molar-refractivity contribution in [1.29, 1.82) is 0 Å². The van der Waals surface area contributed by atoms with E-state index in [1.165, 1.54) is 17.3 Å². The van der Waals surface area contributed by atoms with Crippen LogP contribution in [0.5, 0.6) is 0 Å². The Kier molecular flexibility index (Phi) is 4.93. The Morgan fingerprint density at radius 3 is 2.65 bits per heavy atom. The fraction of sp³-hybridized carbons (Fsp3) is 0.158. The summed E-state index contributed by atoms with van der Waals surface area (Å²) in [5, 5.41) is 4.02. The second kappa shape index (κ2) is 7.29. The van der Waals surface area contributed by atoms with Crippen molar-refractivity contribution in [3.8, 4) is 0 Å². The molecule has 1 heterocycles. The first kappa shape index (κ1) is 15.6. The van der Waals surface area contributed by atoms with Gasteiger partial charge in [0.2, 0.25) is 5.91 Å². The number of carbonyl (C=O) groups excluding carboxylic acids is 1. The average molecular weight is 322 g/mol. The molecule has 0 radical (unpaired) electrons. The summed E-state index contributed by atoms with van der Waals surface area (Å²) in [6.07, 6.45) is 2.78. The first-order valence-corrected chi connectivity index (χ1v) is 8.60. The minimum absolute atomic E-state index is 0.000131. The van der Waals surface area contributed by atoms with Gasteiger partial charge in [0.25, 0.3) is 0 Å². The van der Waals surface area contributed by atoms with Crippen LogP contribution in [0.2, 0.25) is 0 Å². The van der Waals surface area contributed by atoms with Gasteiger partial charge in [-0.1, -0.05) is 37.3 Å². The summed E-state index contributed by atoms with van der Waals surface area (Å²) in [5.41, 5.74) is 3.06. The maximum Gasteiger partial charge on any atom is 0.234 e. The second-order valence-electron chi connectivity index (χ2n) is 5.21. The maximum atomic E-state index is 12.1. The molecule has 0 bridgehead atoms. The normalized spacial score (nSPS) is 10.7. The third-order valence-electron chi connectivity index (χ3n) is 3.61. The van der Waals surface area contributed by atoms with Gasteiger partial charge in [-0.25, -0.2) is 0 Å². The van der Waals surface area contributed by atoms with Crippen molar-refractivity contribution in [1.82, 2.24) is 4.98 Å². The van der Waals surface area contributed by atoms with Crippen LogP contribution in [0.25, 0.3) is 10.9 Å². The van der Waals surface area contributed by atoms with Gasteiger partial charge in [-0.2, -0.15) is 0 Å². The van der Waals surface area contributed by atoms with E-state index in [4.69, 9.17) is 0 Å². The van der Waals surface area contributed by atoms with Crippen LogP contribution in [-0.2, 0) is 11.2 Å². The van der Waals surface area contributed by atoms with Gasteiger partial charge in [-0.3, -0.25) is 9.78 Å². The Bertz CT molecular complexity index is 810. The number of nitrogens with zero attached hydrogens (tertiary/aromatic N) is 1. The highest BCUT2D eigenvalue weighted by atomic mass is 32.2. The number of benzene rings is 2. The molecule has 2 aromatic carbocycles. The van der Waals surface area contributed by atoms with E-state index in [0.717, 1.165) is 27.9 Å². The fourth-order valence-corrected chi connectivity index (χ4v) is 3.20. The highest BCUT2D eigenvalue weighted by molar-refractivity contribution is 8.00. The molecular formula is C19H18N2OS. The molecule has 0 saturated heterocycles. The molecule has 23 heavy (non-hydrogen) atoms. The number of pyridine rings is 1. The number of para-hydroxylation sites is 1. The van der Waals surface area contributed by atoms with Gasteiger partial charge in [0, 0.05) is 22.2 Å². The zero-order valence-electron chi connectivity index (χ0n) is 13.0. The molecule has 0 aliphatic carbocycles. The van der Waals surface area contributed by atoms with Crippen molar-refractivity contribution in [3.05, 3.63) is 66.4 Å². The summed E-state index contributed by atoms with van der Waals surface area (Å²) in [5.74, 6) is 0.379. The second-order valence-corrected chi connectivity index (χ2v) is 6.23. The number of hydrogen-bond acceptors (Lipinski definition) is 3. The van der Waals surface area contributed by atoms with Crippen LogP contribution in [0, 0.1) is 0 Å². The van der Waals surface area contributed by atoms with E-state index in [9.17, 15) is 4.79 Å². The van der Waals surface area contributed by atoms with E-state index in [2.05, 4.69) is 17.2 Å². The molecule has 3 aromatic rings. The van der Waals surface area contributed by atoms with Gasteiger partial charge in [-0.15, -0.1) is 11.8 Å².